The smallest absolute Gasteiger partial charge is 0.234 e. The molecule has 0 saturated heterocycles. The molecule has 2 rings (SSSR count). The molecule has 0 saturated carbocycles. The van der Waals surface area contributed by atoms with Gasteiger partial charge in [-0.15, -0.1) is 0 Å². The first-order valence-corrected chi connectivity index (χ1v) is 5.52. The Labute approximate surface area is 99.6 Å². The lowest BCUT2D eigenvalue weighted by atomic mass is 10.3. The number of hydrogen-bond acceptors (Lipinski definition) is 3. The predicted octanol–water partition coefficient (Wildman–Crippen LogP) is 0.537. The van der Waals surface area contributed by atoms with Crippen molar-refractivity contribution < 1.29 is 4.79 Å². The third-order valence-corrected chi connectivity index (χ3v) is 2.87. The summed E-state index contributed by atoms with van der Waals surface area (Å²) in [4.78, 5) is 15.4. The van der Waals surface area contributed by atoms with Gasteiger partial charge in [0.2, 0.25) is 5.91 Å². The highest BCUT2D eigenvalue weighted by atomic mass is 16.1. The second-order valence-electron chi connectivity index (χ2n) is 4.08. The summed E-state index contributed by atoms with van der Waals surface area (Å²) in [6.07, 6.45) is 0. The number of carbonyl (C=O) groups excluding carboxylic acids is 1. The maximum Gasteiger partial charge on any atom is 0.234 e. The molecule has 2 aromatic rings. The fourth-order valence-corrected chi connectivity index (χ4v) is 1.70. The molecule has 0 bridgehead atoms. The van der Waals surface area contributed by atoms with E-state index in [9.17, 15) is 4.79 Å². The van der Waals surface area contributed by atoms with Gasteiger partial charge in [-0.25, -0.2) is 4.98 Å². The Bertz CT molecular complexity index is 546. The molecule has 0 aliphatic carbocycles. The van der Waals surface area contributed by atoms with E-state index in [1.807, 2.05) is 35.9 Å². The van der Waals surface area contributed by atoms with Gasteiger partial charge in [-0.2, -0.15) is 0 Å². The summed E-state index contributed by atoms with van der Waals surface area (Å²) in [5.41, 5.74) is 7.22. The van der Waals surface area contributed by atoms with Gasteiger partial charge in [0.15, 0.2) is 0 Å². The van der Waals surface area contributed by atoms with Crippen LogP contribution in [0.2, 0.25) is 0 Å². The summed E-state index contributed by atoms with van der Waals surface area (Å²) in [7, 11) is 1.96. The zero-order chi connectivity index (χ0) is 12.4. The van der Waals surface area contributed by atoms with E-state index in [2.05, 4.69) is 10.3 Å². The maximum absolute atomic E-state index is 10.9. The number of primary amides is 1. The van der Waals surface area contributed by atoms with Crippen LogP contribution in [0.25, 0.3) is 11.0 Å². The van der Waals surface area contributed by atoms with Crippen LogP contribution in [0.5, 0.6) is 0 Å². The lowest BCUT2D eigenvalue weighted by Gasteiger charge is -2.09. The first kappa shape index (κ1) is 11.6. The molecule has 0 aliphatic rings. The molecular formula is C12H16N4O. The molecule has 1 aromatic carbocycles. The summed E-state index contributed by atoms with van der Waals surface area (Å²) in [6.45, 7) is 2.26. The van der Waals surface area contributed by atoms with Gasteiger partial charge >= 0.3 is 0 Å². The molecule has 17 heavy (non-hydrogen) atoms. The van der Waals surface area contributed by atoms with Crippen LogP contribution in [0.1, 0.15) is 12.7 Å². The van der Waals surface area contributed by atoms with E-state index in [0.717, 1.165) is 16.9 Å². The normalized spacial score (nSPS) is 12.8. The Morgan fingerprint density at radius 3 is 2.88 bits per heavy atom. The van der Waals surface area contributed by atoms with Crippen molar-refractivity contribution in [3.63, 3.8) is 0 Å². The molecule has 3 N–H and O–H groups in total. The zero-order valence-corrected chi connectivity index (χ0v) is 9.97. The predicted molar refractivity (Wildman–Crippen MR) is 66.2 cm³/mol. The van der Waals surface area contributed by atoms with Crippen LogP contribution in [0.3, 0.4) is 0 Å². The number of nitrogens with one attached hydrogen (secondary N) is 1. The number of aryl methyl sites for hydroxylation is 1. The van der Waals surface area contributed by atoms with Crippen LogP contribution in [-0.2, 0) is 18.4 Å². The van der Waals surface area contributed by atoms with Gasteiger partial charge in [0.05, 0.1) is 23.6 Å². The summed E-state index contributed by atoms with van der Waals surface area (Å²) in [5.74, 6) is 0.531. The van der Waals surface area contributed by atoms with Crippen LogP contribution in [-0.4, -0.2) is 21.5 Å². The monoisotopic (exact) mass is 232 g/mol. The van der Waals surface area contributed by atoms with E-state index in [1.165, 1.54) is 0 Å². The SMILES string of the molecule is CC(NCc1nc2ccccc2n1C)C(N)=O. The highest BCUT2D eigenvalue weighted by molar-refractivity contribution is 5.79. The Kier molecular flexibility index (Phi) is 3.10. The van der Waals surface area contributed by atoms with Crippen molar-refractivity contribution in [2.45, 2.75) is 19.5 Å². The highest BCUT2D eigenvalue weighted by Gasteiger charge is 2.11. The van der Waals surface area contributed by atoms with Crippen LogP contribution >= 0.6 is 0 Å². The first-order valence-electron chi connectivity index (χ1n) is 5.52. The summed E-state index contributed by atoms with van der Waals surface area (Å²) in [5, 5.41) is 3.04. The van der Waals surface area contributed by atoms with E-state index < -0.39 is 0 Å². The fraction of sp³-hybridized carbons (Fsp3) is 0.333. The van der Waals surface area contributed by atoms with Crippen molar-refractivity contribution in [3.05, 3.63) is 30.1 Å². The number of amides is 1. The van der Waals surface area contributed by atoms with Crippen molar-refractivity contribution in [2.24, 2.45) is 12.8 Å². The van der Waals surface area contributed by atoms with E-state index in [1.54, 1.807) is 6.92 Å². The number of para-hydroxylation sites is 2. The van der Waals surface area contributed by atoms with Crippen LogP contribution in [0.15, 0.2) is 24.3 Å². The number of carbonyl (C=O) groups is 1. The van der Waals surface area contributed by atoms with E-state index >= 15 is 0 Å². The molecule has 5 heteroatoms. The van der Waals surface area contributed by atoms with Crippen LogP contribution < -0.4 is 11.1 Å². The molecule has 1 unspecified atom stereocenters. The first-order chi connectivity index (χ1) is 8.09. The van der Waals surface area contributed by atoms with Gasteiger partial charge in [-0.05, 0) is 19.1 Å². The third-order valence-electron chi connectivity index (χ3n) is 2.87. The maximum atomic E-state index is 10.9. The summed E-state index contributed by atoms with van der Waals surface area (Å²) in [6, 6.07) is 7.57. The van der Waals surface area contributed by atoms with Gasteiger partial charge in [0, 0.05) is 7.05 Å². The Morgan fingerprint density at radius 1 is 1.53 bits per heavy atom. The lowest BCUT2D eigenvalue weighted by Crippen LogP contribution is -2.38. The number of rotatable bonds is 4. The van der Waals surface area contributed by atoms with E-state index in [4.69, 9.17) is 5.73 Å². The number of fused-ring (bicyclic) bond motifs is 1. The van der Waals surface area contributed by atoms with Gasteiger partial charge in [-0.3, -0.25) is 10.1 Å². The fourth-order valence-electron chi connectivity index (χ4n) is 1.70. The second kappa shape index (κ2) is 4.55. The molecule has 0 radical (unpaired) electrons. The summed E-state index contributed by atoms with van der Waals surface area (Å²) < 4.78 is 2.01. The van der Waals surface area contributed by atoms with Crippen molar-refractivity contribution in [3.8, 4) is 0 Å². The number of aromatic nitrogens is 2. The topological polar surface area (TPSA) is 72.9 Å². The van der Waals surface area contributed by atoms with Crippen molar-refractivity contribution in [1.82, 2.24) is 14.9 Å². The highest BCUT2D eigenvalue weighted by Crippen LogP contribution is 2.13. The minimum atomic E-state index is -0.358. The molecule has 0 fully saturated rings. The van der Waals surface area contributed by atoms with Gasteiger partial charge < -0.3 is 10.3 Å². The molecule has 0 spiro atoms. The quantitative estimate of drug-likeness (QED) is 0.808. The van der Waals surface area contributed by atoms with Crippen molar-refractivity contribution >= 4 is 16.9 Å². The van der Waals surface area contributed by atoms with Crippen molar-refractivity contribution in [2.75, 3.05) is 0 Å². The van der Waals surface area contributed by atoms with Gasteiger partial charge in [0.1, 0.15) is 5.82 Å². The molecule has 0 aliphatic heterocycles. The standard InChI is InChI=1S/C12H16N4O/c1-8(12(13)17)14-7-11-15-9-5-3-4-6-10(9)16(11)2/h3-6,8,14H,7H2,1-2H3,(H2,13,17). The average molecular weight is 232 g/mol. The number of hydrogen-bond donors (Lipinski definition) is 2. The van der Waals surface area contributed by atoms with Crippen molar-refractivity contribution in [1.29, 1.82) is 0 Å². The minimum absolute atomic E-state index is 0.352. The number of nitrogens with zero attached hydrogens (tertiary/aromatic N) is 2. The van der Waals surface area contributed by atoms with Gasteiger partial charge in [-0.1, -0.05) is 12.1 Å². The van der Waals surface area contributed by atoms with E-state index in [-0.39, 0.29) is 11.9 Å². The van der Waals surface area contributed by atoms with Crippen LogP contribution in [0.4, 0.5) is 0 Å². The molecule has 1 atom stereocenters. The van der Waals surface area contributed by atoms with E-state index in [0.29, 0.717) is 6.54 Å². The molecular weight excluding hydrogens is 216 g/mol. The molecule has 1 heterocycles. The molecule has 90 valence electrons. The Balaban J connectivity index is 2.19. The van der Waals surface area contributed by atoms with Gasteiger partial charge in [0.25, 0.3) is 0 Å². The minimum Gasteiger partial charge on any atom is -0.368 e. The van der Waals surface area contributed by atoms with Crippen LogP contribution in [0, 0.1) is 0 Å². The number of benzene rings is 1. The molecule has 1 aromatic heterocycles. The lowest BCUT2D eigenvalue weighted by molar-refractivity contribution is -0.119. The number of nitrogens with two attached hydrogens (primary N) is 1. The zero-order valence-electron chi connectivity index (χ0n) is 9.97. The summed E-state index contributed by atoms with van der Waals surface area (Å²) >= 11 is 0. The largest absolute Gasteiger partial charge is 0.368 e. The second-order valence-corrected chi connectivity index (χ2v) is 4.08. The Hall–Kier alpha value is -1.88. The molecule has 5 nitrogen and oxygen atoms in total. The Morgan fingerprint density at radius 2 is 2.24 bits per heavy atom. The number of imidazole rings is 1. The molecule has 1 amide bonds. The average Bonchev–Trinajstić information content (AvgIpc) is 2.64. The third kappa shape index (κ3) is 2.29.